The summed E-state index contributed by atoms with van der Waals surface area (Å²) in [6.45, 7) is 3.57. The van der Waals surface area contributed by atoms with Crippen LogP contribution >= 0.6 is 0 Å². The molecule has 1 unspecified atom stereocenters. The smallest absolute Gasteiger partial charge is 0.214 e. The molecule has 0 rings (SSSR count). The summed E-state index contributed by atoms with van der Waals surface area (Å²) < 4.78 is 0. The van der Waals surface area contributed by atoms with Crippen LogP contribution in [-0.2, 0) is 9.59 Å². The summed E-state index contributed by atoms with van der Waals surface area (Å²) in [5.41, 5.74) is 0. The van der Waals surface area contributed by atoms with Gasteiger partial charge in [0.05, 0.1) is 0 Å². The number of unbranched alkanes of at least 4 members (excludes halogenated alkanes) is 4. The normalized spacial score (nSPS) is 12.1. The number of carbonyl (C=O) groups excluding carboxylic acids is 2. The predicted octanol–water partition coefficient (Wildman–Crippen LogP) is 3.71. The largest absolute Gasteiger partial charge is 0.300 e. The van der Waals surface area contributed by atoms with Crippen molar-refractivity contribution in [3.05, 3.63) is 10.1 Å². The van der Waals surface area contributed by atoms with E-state index in [9.17, 15) is 19.7 Å². The Morgan fingerprint density at radius 2 is 1.60 bits per heavy atom. The third-order valence-electron chi connectivity index (χ3n) is 3.44. The van der Waals surface area contributed by atoms with Crippen molar-refractivity contribution in [2.24, 2.45) is 0 Å². The van der Waals surface area contributed by atoms with Crippen LogP contribution in [0.3, 0.4) is 0 Å². The molecule has 1 atom stereocenters. The first-order valence-corrected chi connectivity index (χ1v) is 7.62. The fourth-order valence-electron chi connectivity index (χ4n) is 2.10. The highest BCUT2D eigenvalue weighted by atomic mass is 16.6. The van der Waals surface area contributed by atoms with Crippen molar-refractivity contribution in [2.75, 3.05) is 0 Å². The lowest BCUT2D eigenvalue weighted by atomic mass is 10.0. The molecule has 0 saturated carbocycles. The molecule has 0 aliphatic carbocycles. The number of rotatable bonds is 13. The lowest BCUT2D eigenvalue weighted by Crippen LogP contribution is -2.21. The van der Waals surface area contributed by atoms with E-state index in [-0.39, 0.29) is 42.2 Å². The van der Waals surface area contributed by atoms with Crippen molar-refractivity contribution in [2.45, 2.75) is 84.1 Å². The molecule has 116 valence electrons. The fraction of sp³-hybridized carbons (Fsp3) is 0.867. The summed E-state index contributed by atoms with van der Waals surface area (Å²) in [7, 11) is 0. The number of hydrogen-bond donors (Lipinski definition) is 0. The Hall–Kier alpha value is -1.26. The molecular formula is C15H27NO4. The summed E-state index contributed by atoms with van der Waals surface area (Å²) in [5.74, 6) is 0.0651. The second-order valence-corrected chi connectivity index (χ2v) is 5.42. The Balaban J connectivity index is 3.82. The fourth-order valence-corrected chi connectivity index (χ4v) is 2.10. The van der Waals surface area contributed by atoms with Crippen LogP contribution in [0.5, 0.6) is 0 Å². The van der Waals surface area contributed by atoms with E-state index in [4.69, 9.17) is 0 Å². The SMILES string of the molecule is CCCCCCCC(=O)CCC(CCC(C)=O)[N+](=O)[O-]. The molecule has 0 aromatic rings. The quantitative estimate of drug-likeness (QED) is 0.293. The second kappa shape index (κ2) is 11.6. The molecular weight excluding hydrogens is 258 g/mol. The van der Waals surface area contributed by atoms with Crippen LogP contribution < -0.4 is 0 Å². The lowest BCUT2D eigenvalue weighted by Gasteiger charge is -2.08. The van der Waals surface area contributed by atoms with Gasteiger partial charge in [0.15, 0.2) is 0 Å². The topological polar surface area (TPSA) is 77.3 Å². The van der Waals surface area contributed by atoms with Crippen molar-refractivity contribution in [3.8, 4) is 0 Å². The first-order valence-electron chi connectivity index (χ1n) is 7.62. The number of Topliss-reactive ketones (excluding diaryl/α,β-unsaturated/α-hetero) is 2. The molecule has 0 aliphatic heterocycles. The van der Waals surface area contributed by atoms with Crippen LogP contribution in [0.1, 0.15) is 78.1 Å². The van der Waals surface area contributed by atoms with Gasteiger partial charge in [-0.1, -0.05) is 32.6 Å². The van der Waals surface area contributed by atoms with Gasteiger partial charge in [-0.2, -0.15) is 0 Å². The van der Waals surface area contributed by atoms with Crippen LogP contribution in [0, 0.1) is 10.1 Å². The molecule has 0 saturated heterocycles. The second-order valence-electron chi connectivity index (χ2n) is 5.42. The molecule has 0 spiro atoms. The molecule has 20 heavy (non-hydrogen) atoms. The maximum absolute atomic E-state index is 11.7. The zero-order chi connectivity index (χ0) is 15.4. The number of hydrogen-bond acceptors (Lipinski definition) is 4. The minimum absolute atomic E-state index is 0.0425. The van der Waals surface area contributed by atoms with Crippen LogP contribution in [-0.4, -0.2) is 22.5 Å². The number of carbonyl (C=O) groups is 2. The average Bonchev–Trinajstić information content (AvgIpc) is 2.37. The summed E-state index contributed by atoms with van der Waals surface area (Å²) in [5, 5.41) is 10.8. The van der Waals surface area contributed by atoms with E-state index < -0.39 is 6.04 Å². The summed E-state index contributed by atoms with van der Waals surface area (Å²) >= 11 is 0. The first kappa shape index (κ1) is 18.7. The van der Waals surface area contributed by atoms with Crippen LogP contribution in [0.2, 0.25) is 0 Å². The highest BCUT2D eigenvalue weighted by Gasteiger charge is 2.21. The molecule has 0 amide bonds. The Morgan fingerprint density at radius 3 is 2.15 bits per heavy atom. The molecule has 0 aromatic carbocycles. The maximum atomic E-state index is 11.7. The molecule has 0 aromatic heterocycles. The van der Waals surface area contributed by atoms with Gasteiger partial charge in [-0.25, -0.2) is 0 Å². The van der Waals surface area contributed by atoms with E-state index in [0.29, 0.717) is 6.42 Å². The van der Waals surface area contributed by atoms with Gasteiger partial charge in [-0.15, -0.1) is 0 Å². The molecule has 5 nitrogen and oxygen atoms in total. The van der Waals surface area contributed by atoms with Gasteiger partial charge >= 0.3 is 0 Å². The van der Waals surface area contributed by atoms with Gasteiger partial charge in [0.25, 0.3) is 0 Å². The van der Waals surface area contributed by atoms with Crippen LogP contribution in [0.15, 0.2) is 0 Å². The highest BCUT2D eigenvalue weighted by Crippen LogP contribution is 2.12. The third-order valence-corrected chi connectivity index (χ3v) is 3.44. The minimum atomic E-state index is -0.761. The van der Waals surface area contributed by atoms with E-state index in [1.54, 1.807) is 0 Å². The van der Waals surface area contributed by atoms with E-state index in [0.717, 1.165) is 19.3 Å². The Bertz CT molecular complexity index is 315. The predicted molar refractivity (Wildman–Crippen MR) is 78.3 cm³/mol. The first-order chi connectivity index (χ1) is 9.47. The number of ketones is 2. The van der Waals surface area contributed by atoms with Crippen LogP contribution in [0.25, 0.3) is 0 Å². The highest BCUT2D eigenvalue weighted by molar-refractivity contribution is 5.78. The monoisotopic (exact) mass is 285 g/mol. The summed E-state index contributed by atoms with van der Waals surface area (Å²) in [6, 6.07) is -0.761. The molecule has 5 heteroatoms. The third kappa shape index (κ3) is 10.6. The van der Waals surface area contributed by atoms with Gasteiger partial charge in [0.2, 0.25) is 6.04 Å². The summed E-state index contributed by atoms with van der Waals surface area (Å²) in [6.07, 6.45) is 6.98. The zero-order valence-electron chi connectivity index (χ0n) is 12.7. The zero-order valence-corrected chi connectivity index (χ0v) is 12.7. The van der Waals surface area contributed by atoms with E-state index in [1.165, 1.54) is 19.8 Å². The maximum Gasteiger partial charge on any atom is 0.214 e. The molecule has 0 N–H and O–H groups in total. The molecule has 0 fully saturated rings. The van der Waals surface area contributed by atoms with Crippen molar-refractivity contribution in [3.63, 3.8) is 0 Å². The van der Waals surface area contributed by atoms with Gasteiger partial charge < -0.3 is 4.79 Å². The standard InChI is InChI=1S/C15H27NO4/c1-3-4-5-6-7-8-15(18)12-11-14(16(19)20)10-9-13(2)17/h14H,3-12H2,1-2H3. The Labute approximate surface area is 121 Å². The molecule has 0 heterocycles. The lowest BCUT2D eigenvalue weighted by molar-refractivity contribution is -0.524. The van der Waals surface area contributed by atoms with Gasteiger partial charge in [-0.3, -0.25) is 14.9 Å². The summed E-state index contributed by atoms with van der Waals surface area (Å²) in [4.78, 5) is 33.0. The van der Waals surface area contributed by atoms with Gasteiger partial charge in [-0.05, 0) is 13.3 Å². The van der Waals surface area contributed by atoms with Crippen molar-refractivity contribution in [1.82, 2.24) is 0 Å². The number of nitrogens with zero attached hydrogens (tertiary/aromatic N) is 1. The van der Waals surface area contributed by atoms with Crippen molar-refractivity contribution >= 4 is 11.6 Å². The van der Waals surface area contributed by atoms with Crippen LogP contribution in [0.4, 0.5) is 0 Å². The molecule has 0 aliphatic rings. The Morgan fingerprint density at radius 1 is 1.00 bits per heavy atom. The van der Waals surface area contributed by atoms with Gasteiger partial charge in [0.1, 0.15) is 11.6 Å². The van der Waals surface area contributed by atoms with E-state index in [2.05, 4.69) is 6.92 Å². The van der Waals surface area contributed by atoms with Gasteiger partial charge in [0, 0.05) is 37.0 Å². The average molecular weight is 285 g/mol. The van der Waals surface area contributed by atoms with Crippen molar-refractivity contribution in [1.29, 1.82) is 0 Å². The minimum Gasteiger partial charge on any atom is -0.300 e. The molecule has 0 radical (unpaired) electrons. The number of nitro groups is 1. The molecule has 0 bridgehead atoms. The van der Waals surface area contributed by atoms with Crippen molar-refractivity contribution < 1.29 is 14.5 Å². The van der Waals surface area contributed by atoms with E-state index >= 15 is 0 Å². The Kier molecular flexibility index (Phi) is 10.8. The van der Waals surface area contributed by atoms with E-state index in [1.807, 2.05) is 0 Å².